The molecule has 0 N–H and O–H groups in total. The van der Waals surface area contributed by atoms with Crippen LogP contribution in [0.1, 0.15) is 16.7 Å². The minimum Gasteiger partial charge on any atom is -0.305 e. The molecule has 2 heterocycles. The molecule has 0 spiro atoms. The molecule has 7 rings (SSSR count). The largest absolute Gasteiger partial charge is 0.305 e. The molecule has 7 aromatic rings. The second-order valence-corrected chi connectivity index (χ2v) is 10.3. The molecule has 2 aromatic heterocycles. The summed E-state index contributed by atoms with van der Waals surface area (Å²) < 4.78 is 0. The first-order valence-electron chi connectivity index (χ1n) is 13.8. The Morgan fingerprint density at radius 2 is 1.24 bits per heavy atom. The van der Waals surface area contributed by atoms with Crippen LogP contribution in [0.25, 0.3) is 55.2 Å². The molecule has 3 heteroatoms. The average Bonchev–Trinajstić information content (AvgIpc) is 3.03. The third-order valence-corrected chi connectivity index (χ3v) is 7.45. The van der Waals surface area contributed by atoms with E-state index in [9.17, 15) is 0 Å². The van der Waals surface area contributed by atoms with Crippen LogP contribution in [-0.4, -0.2) is 9.97 Å². The van der Waals surface area contributed by atoms with Crippen molar-refractivity contribution in [2.45, 2.75) is 20.8 Å². The van der Waals surface area contributed by atoms with Gasteiger partial charge in [0.25, 0.3) is 0 Å². The maximum Gasteiger partial charge on any atom is 0.0192 e. The summed E-state index contributed by atoms with van der Waals surface area (Å²) in [6.07, 6.45) is 3.73. The minimum absolute atomic E-state index is 0. The molecule has 0 aliphatic heterocycles. The molecule has 1 radical (unpaired) electrons. The summed E-state index contributed by atoms with van der Waals surface area (Å²) >= 11 is 0. The third-order valence-electron chi connectivity index (χ3n) is 7.45. The average molecular weight is 719 g/mol. The fourth-order valence-electron chi connectivity index (χ4n) is 5.00. The van der Waals surface area contributed by atoms with Crippen molar-refractivity contribution in [3.05, 3.63) is 156 Å². The van der Waals surface area contributed by atoms with Crippen molar-refractivity contribution >= 4 is 21.5 Å². The summed E-state index contributed by atoms with van der Waals surface area (Å²) in [6.45, 7) is 6.24. The van der Waals surface area contributed by atoms with Crippen molar-refractivity contribution in [3.63, 3.8) is 0 Å². The van der Waals surface area contributed by atoms with Crippen LogP contribution in [0.15, 0.2) is 128 Å². The quantitative estimate of drug-likeness (QED) is 0.134. The molecule has 0 aliphatic carbocycles. The molecule has 0 saturated heterocycles. The van der Waals surface area contributed by atoms with E-state index in [1.807, 2.05) is 36.7 Å². The summed E-state index contributed by atoms with van der Waals surface area (Å²) in [6, 6.07) is 46.6. The number of fused-ring (bicyclic) bond motifs is 3. The Morgan fingerprint density at radius 3 is 1.93 bits per heavy atom. The van der Waals surface area contributed by atoms with Gasteiger partial charge in [0.1, 0.15) is 0 Å². The van der Waals surface area contributed by atoms with Crippen LogP contribution < -0.4 is 0 Å². The van der Waals surface area contributed by atoms with Crippen molar-refractivity contribution in [1.29, 1.82) is 0 Å². The van der Waals surface area contributed by atoms with Gasteiger partial charge in [-0.15, -0.1) is 65.2 Å². The van der Waals surface area contributed by atoms with Crippen LogP contribution in [-0.2, 0) is 20.1 Å². The molecule has 0 aliphatic rings. The van der Waals surface area contributed by atoms with Gasteiger partial charge in [0.2, 0.25) is 0 Å². The Labute approximate surface area is 261 Å². The number of nitrogens with zero attached hydrogens (tertiary/aromatic N) is 2. The molecule has 0 amide bonds. The first kappa shape index (κ1) is 29.1. The summed E-state index contributed by atoms with van der Waals surface area (Å²) in [4.78, 5) is 8.82. The molecule has 0 bridgehead atoms. The van der Waals surface area contributed by atoms with Gasteiger partial charge < -0.3 is 9.97 Å². The second kappa shape index (κ2) is 13.0. The van der Waals surface area contributed by atoms with E-state index in [2.05, 4.69) is 134 Å². The Bertz CT molecular complexity index is 1940. The van der Waals surface area contributed by atoms with Gasteiger partial charge in [0.05, 0.1) is 0 Å². The van der Waals surface area contributed by atoms with E-state index in [0.29, 0.717) is 0 Å². The van der Waals surface area contributed by atoms with Gasteiger partial charge >= 0.3 is 0 Å². The molecule has 0 saturated carbocycles. The number of hydrogen-bond donors (Lipinski definition) is 0. The van der Waals surface area contributed by atoms with E-state index >= 15 is 0 Å². The van der Waals surface area contributed by atoms with Crippen molar-refractivity contribution in [3.8, 4) is 33.6 Å². The molecule has 0 fully saturated rings. The first-order valence-corrected chi connectivity index (χ1v) is 13.8. The topological polar surface area (TPSA) is 25.8 Å². The van der Waals surface area contributed by atoms with Gasteiger partial charge in [-0.05, 0) is 58.4 Å². The summed E-state index contributed by atoms with van der Waals surface area (Å²) in [5.41, 5.74) is 10.2. The molecular weight excluding hydrogens is 689 g/mol. The van der Waals surface area contributed by atoms with Crippen molar-refractivity contribution < 1.29 is 20.1 Å². The van der Waals surface area contributed by atoms with Gasteiger partial charge in [-0.1, -0.05) is 96.4 Å². The van der Waals surface area contributed by atoms with Crippen LogP contribution in [0, 0.1) is 32.9 Å². The number of hydrogen-bond acceptors (Lipinski definition) is 2. The smallest absolute Gasteiger partial charge is 0.0192 e. The van der Waals surface area contributed by atoms with E-state index in [-0.39, 0.29) is 20.1 Å². The van der Waals surface area contributed by atoms with E-state index in [4.69, 9.17) is 0 Å². The predicted octanol–water partition coefficient (Wildman–Crippen LogP) is 9.99. The molecule has 2 nitrogen and oxygen atoms in total. The summed E-state index contributed by atoms with van der Waals surface area (Å²) in [5.74, 6) is 0. The van der Waals surface area contributed by atoms with Gasteiger partial charge in [-0.2, -0.15) is 0 Å². The van der Waals surface area contributed by atoms with Gasteiger partial charge in [0.15, 0.2) is 0 Å². The Hall–Kier alpha value is -4.43. The zero-order valence-corrected chi connectivity index (χ0v) is 26.2. The van der Waals surface area contributed by atoms with E-state index in [1.54, 1.807) is 0 Å². The molecule has 5 aromatic carbocycles. The summed E-state index contributed by atoms with van der Waals surface area (Å²) in [7, 11) is 0. The first-order chi connectivity index (χ1) is 20.1. The zero-order chi connectivity index (χ0) is 28.2. The monoisotopic (exact) mass is 719 g/mol. The van der Waals surface area contributed by atoms with Gasteiger partial charge in [0, 0.05) is 32.5 Å². The maximum atomic E-state index is 4.41. The number of aromatic nitrogens is 2. The fourth-order valence-corrected chi connectivity index (χ4v) is 5.00. The molecular formula is C39H30IrN2-2. The van der Waals surface area contributed by atoms with E-state index < -0.39 is 0 Å². The van der Waals surface area contributed by atoms with Crippen LogP contribution >= 0.6 is 0 Å². The van der Waals surface area contributed by atoms with Crippen molar-refractivity contribution in [1.82, 2.24) is 9.97 Å². The molecule has 42 heavy (non-hydrogen) atoms. The molecule has 0 unspecified atom stereocenters. The standard InChI is InChI=1S/C25H16N.C14H14N.Ir/c1-2-8-21-20(7-1)17-24(23-10-4-3-9-22(21)23)18-12-14-19(15-13-18)25-11-5-6-16-26-25;1-10-4-6-13(7-5-10)14-8-11(2)12(3)9-15-14;/h1-14,16-17H;4-6,8-9H,1-3H3;/q2*-1;. The molecule has 0 atom stereocenters. The van der Waals surface area contributed by atoms with Crippen LogP contribution in [0.4, 0.5) is 0 Å². The number of rotatable bonds is 3. The fraction of sp³-hybridized carbons (Fsp3) is 0.0769. The Balaban J connectivity index is 0.000000189. The SMILES string of the molecule is Cc1c[c-]c(-c2cc(C)c(C)cn2)cc1.[Ir].[c-]1cc(-c2cc3ccccc3c3ccccc23)ccc1-c1ccccn1. The maximum absolute atomic E-state index is 4.41. The van der Waals surface area contributed by atoms with Crippen molar-refractivity contribution in [2.24, 2.45) is 0 Å². The van der Waals surface area contributed by atoms with Gasteiger partial charge in [-0.25, -0.2) is 0 Å². The third kappa shape index (κ3) is 6.23. The van der Waals surface area contributed by atoms with Crippen LogP contribution in [0.2, 0.25) is 0 Å². The number of aryl methyl sites for hydroxylation is 3. The van der Waals surface area contributed by atoms with E-state index in [1.165, 1.54) is 49.4 Å². The van der Waals surface area contributed by atoms with Crippen molar-refractivity contribution in [2.75, 3.05) is 0 Å². The summed E-state index contributed by atoms with van der Waals surface area (Å²) in [5, 5.41) is 5.11. The Morgan fingerprint density at radius 1 is 0.548 bits per heavy atom. The van der Waals surface area contributed by atoms with Crippen LogP contribution in [0.3, 0.4) is 0 Å². The van der Waals surface area contributed by atoms with E-state index in [0.717, 1.165) is 22.5 Å². The zero-order valence-electron chi connectivity index (χ0n) is 23.9. The number of benzene rings is 5. The minimum atomic E-state index is 0. The molecule has 207 valence electrons. The van der Waals surface area contributed by atoms with Crippen LogP contribution in [0.5, 0.6) is 0 Å². The number of pyridine rings is 2. The normalized spacial score (nSPS) is 10.5. The second-order valence-electron chi connectivity index (χ2n) is 10.3. The Kier molecular flexibility index (Phi) is 9.03. The predicted molar refractivity (Wildman–Crippen MR) is 172 cm³/mol. The van der Waals surface area contributed by atoms with Gasteiger partial charge in [-0.3, -0.25) is 0 Å².